The van der Waals surface area contributed by atoms with Crippen LogP contribution in [0.3, 0.4) is 0 Å². The Morgan fingerprint density at radius 2 is 2.00 bits per heavy atom. The molecule has 0 radical (unpaired) electrons. The lowest BCUT2D eigenvalue weighted by Crippen LogP contribution is -2.09. The van der Waals surface area contributed by atoms with Gasteiger partial charge < -0.3 is 4.74 Å². The third kappa shape index (κ3) is 2.57. The van der Waals surface area contributed by atoms with Crippen LogP contribution in [0, 0.1) is 6.92 Å². The molecule has 0 saturated carbocycles. The second-order valence-corrected chi connectivity index (χ2v) is 4.47. The number of aromatic nitrogens is 3. The zero-order valence-electron chi connectivity index (χ0n) is 10.8. The van der Waals surface area contributed by atoms with Crippen LogP contribution >= 0.6 is 0 Å². The molecule has 2 aromatic carbocycles. The van der Waals surface area contributed by atoms with E-state index in [9.17, 15) is 0 Å². The first-order valence-electron chi connectivity index (χ1n) is 6.30. The lowest BCUT2D eigenvalue weighted by molar-refractivity contribution is 0.292. The smallest absolute Gasteiger partial charge is 0.119 e. The molecule has 0 aliphatic rings. The van der Waals surface area contributed by atoms with Crippen molar-refractivity contribution in [1.29, 1.82) is 0 Å². The van der Waals surface area contributed by atoms with Crippen molar-refractivity contribution in [3.05, 3.63) is 54.1 Å². The van der Waals surface area contributed by atoms with Gasteiger partial charge in [-0.05, 0) is 36.8 Å². The average Bonchev–Trinajstić information content (AvgIpc) is 2.83. The van der Waals surface area contributed by atoms with Gasteiger partial charge >= 0.3 is 0 Å². The number of aryl methyl sites for hydroxylation is 1. The average molecular weight is 253 g/mol. The highest BCUT2D eigenvalue weighted by Gasteiger charge is 2.03. The SMILES string of the molecule is Cc1cccc(OCCn2nnc3ccccc32)c1. The van der Waals surface area contributed by atoms with Crippen LogP contribution in [-0.4, -0.2) is 21.6 Å². The van der Waals surface area contributed by atoms with Crippen LogP contribution < -0.4 is 4.74 Å². The van der Waals surface area contributed by atoms with Crippen LogP contribution in [0.25, 0.3) is 11.0 Å². The first-order chi connectivity index (χ1) is 9.33. The molecule has 4 heteroatoms. The van der Waals surface area contributed by atoms with E-state index >= 15 is 0 Å². The highest BCUT2D eigenvalue weighted by Crippen LogP contribution is 2.13. The van der Waals surface area contributed by atoms with Gasteiger partial charge in [0, 0.05) is 0 Å². The van der Waals surface area contributed by atoms with Crippen molar-refractivity contribution in [3.8, 4) is 5.75 Å². The van der Waals surface area contributed by atoms with Crippen LogP contribution in [0.2, 0.25) is 0 Å². The largest absolute Gasteiger partial charge is 0.492 e. The number of fused-ring (bicyclic) bond motifs is 1. The third-order valence-electron chi connectivity index (χ3n) is 2.98. The lowest BCUT2D eigenvalue weighted by atomic mass is 10.2. The molecule has 0 aliphatic heterocycles. The summed E-state index contributed by atoms with van der Waals surface area (Å²) in [5.41, 5.74) is 3.15. The second-order valence-electron chi connectivity index (χ2n) is 4.47. The minimum absolute atomic E-state index is 0.580. The minimum Gasteiger partial charge on any atom is -0.492 e. The zero-order chi connectivity index (χ0) is 13.1. The van der Waals surface area contributed by atoms with E-state index in [0.29, 0.717) is 13.2 Å². The predicted octanol–water partition coefficient (Wildman–Crippen LogP) is 2.82. The summed E-state index contributed by atoms with van der Waals surface area (Å²) < 4.78 is 7.59. The van der Waals surface area contributed by atoms with E-state index in [1.165, 1.54) is 5.56 Å². The maximum Gasteiger partial charge on any atom is 0.119 e. The summed E-state index contributed by atoms with van der Waals surface area (Å²) in [5.74, 6) is 0.893. The van der Waals surface area contributed by atoms with Crippen LogP contribution in [0.15, 0.2) is 48.5 Å². The van der Waals surface area contributed by atoms with Gasteiger partial charge in [0.25, 0.3) is 0 Å². The number of benzene rings is 2. The van der Waals surface area contributed by atoms with Crippen molar-refractivity contribution >= 4 is 11.0 Å². The van der Waals surface area contributed by atoms with Crippen LogP contribution in [0.5, 0.6) is 5.75 Å². The molecule has 0 amide bonds. The fourth-order valence-corrected chi connectivity index (χ4v) is 2.04. The van der Waals surface area contributed by atoms with E-state index in [1.54, 1.807) is 0 Å². The van der Waals surface area contributed by atoms with Gasteiger partial charge in [-0.25, -0.2) is 4.68 Å². The van der Waals surface area contributed by atoms with Crippen molar-refractivity contribution in [2.75, 3.05) is 6.61 Å². The Hall–Kier alpha value is -2.36. The van der Waals surface area contributed by atoms with Crippen molar-refractivity contribution in [3.63, 3.8) is 0 Å². The molecule has 0 atom stereocenters. The molecule has 19 heavy (non-hydrogen) atoms. The van der Waals surface area contributed by atoms with Crippen LogP contribution in [0.4, 0.5) is 0 Å². The number of para-hydroxylation sites is 1. The van der Waals surface area contributed by atoms with Crippen LogP contribution in [0.1, 0.15) is 5.56 Å². The fraction of sp³-hybridized carbons (Fsp3) is 0.200. The number of nitrogens with zero attached hydrogens (tertiary/aromatic N) is 3. The molecule has 0 fully saturated rings. The summed E-state index contributed by atoms with van der Waals surface area (Å²) in [6, 6.07) is 16.0. The van der Waals surface area contributed by atoms with Gasteiger partial charge in [-0.1, -0.05) is 29.5 Å². The number of hydrogen-bond acceptors (Lipinski definition) is 3. The Bertz CT molecular complexity index is 690. The van der Waals surface area contributed by atoms with Crippen molar-refractivity contribution in [2.24, 2.45) is 0 Å². The quantitative estimate of drug-likeness (QED) is 0.717. The third-order valence-corrected chi connectivity index (χ3v) is 2.98. The predicted molar refractivity (Wildman–Crippen MR) is 74.2 cm³/mol. The topological polar surface area (TPSA) is 39.9 Å². The standard InChI is InChI=1S/C15H15N3O/c1-12-5-4-6-13(11-12)19-10-9-18-15-8-3-2-7-14(15)16-17-18/h2-8,11H,9-10H2,1H3. The molecule has 0 saturated heterocycles. The summed E-state index contributed by atoms with van der Waals surface area (Å²) in [7, 11) is 0. The Balaban J connectivity index is 1.66. The molecule has 3 aromatic rings. The molecule has 0 N–H and O–H groups in total. The van der Waals surface area contributed by atoms with Gasteiger partial charge in [-0.15, -0.1) is 5.10 Å². The summed E-state index contributed by atoms with van der Waals surface area (Å²) >= 11 is 0. The van der Waals surface area contributed by atoms with Crippen molar-refractivity contribution in [1.82, 2.24) is 15.0 Å². The minimum atomic E-state index is 0.580. The van der Waals surface area contributed by atoms with Gasteiger partial charge in [0.1, 0.15) is 17.9 Å². The second kappa shape index (κ2) is 5.10. The molecule has 1 heterocycles. The summed E-state index contributed by atoms with van der Waals surface area (Å²) in [5, 5.41) is 8.25. The highest BCUT2D eigenvalue weighted by molar-refractivity contribution is 5.73. The normalized spacial score (nSPS) is 10.8. The zero-order valence-corrected chi connectivity index (χ0v) is 10.8. The number of ether oxygens (including phenoxy) is 1. The van der Waals surface area contributed by atoms with Crippen molar-refractivity contribution < 1.29 is 4.74 Å². The molecule has 96 valence electrons. The Kier molecular flexibility index (Phi) is 3.14. The van der Waals surface area contributed by atoms with Gasteiger partial charge in [0.2, 0.25) is 0 Å². The van der Waals surface area contributed by atoms with Gasteiger partial charge in [-0.3, -0.25) is 0 Å². The van der Waals surface area contributed by atoms with E-state index in [-0.39, 0.29) is 0 Å². The van der Waals surface area contributed by atoms with E-state index < -0.39 is 0 Å². The van der Waals surface area contributed by atoms with E-state index in [0.717, 1.165) is 16.8 Å². The maximum absolute atomic E-state index is 5.72. The van der Waals surface area contributed by atoms with E-state index in [1.807, 2.05) is 47.1 Å². The molecule has 0 unspecified atom stereocenters. The number of hydrogen-bond donors (Lipinski definition) is 0. The Labute approximate surface area is 111 Å². The molecular formula is C15H15N3O. The Morgan fingerprint density at radius 3 is 2.89 bits per heavy atom. The molecule has 3 rings (SSSR count). The first-order valence-corrected chi connectivity index (χ1v) is 6.30. The van der Waals surface area contributed by atoms with Gasteiger partial charge in [0.05, 0.1) is 12.1 Å². The molecule has 1 aromatic heterocycles. The molecule has 0 bridgehead atoms. The van der Waals surface area contributed by atoms with Gasteiger partial charge in [-0.2, -0.15) is 0 Å². The Morgan fingerprint density at radius 1 is 1.11 bits per heavy atom. The fourth-order valence-electron chi connectivity index (χ4n) is 2.04. The highest BCUT2D eigenvalue weighted by atomic mass is 16.5. The molecular weight excluding hydrogens is 238 g/mol. The summed E-state index contributed by atoms with van der Waals surface area (Å²) in [4.78, 5) is 0. The molecule has 0 aliphatic carbocycles. The monoisotopic (exact) mass is 253 g/mol. The van der Waals surface area contributed by atoms with E-state index in [2.05, 4.69) is 23.3 Å². The molecule has 0 spiro atoms. The summed E-state index contributed by atoms with van der Waals surface area (Å²) in [6.07, 6.45) is 0. The first kappa shape index (κ1) is 11.7. The van der Waals surface area contributed by atoms with Gasteiger partial charge in [0.15, 0.2) is 0 Å². The maximum atomic E-state index is 5.72. The molecule has 4 nitrogen and oxygen atoms in total. The number of rotatable bonds is 4. The van der Waals surface area contributed by atoms with Crippen LogP contribution in [-0.2, 0) is 6.54 Å². The van der Waals surface area contributed by atoms with E-state index in [4.69, 9.17) is 4.74 Å². The summed E-state index contributed by atoms with van der Waals surface area (Å²) in [6.45, 7) is 3.32. The van der Waals surface area contributed by atoms with Crippen molar-refractivity contribution in [2.45, 2.75) is 13.5 Å². The lowest BCUT2D eigenvalue weighted by Gasteiger charge is -2.07.